The lowest BCUT2D eigenvalue weighted by Crippen LogP contribution is -2.25. The molecule has 5 nitrogen and oxygen atoms in total. The Morgan fingerprint density at radius 3 is 2.59 bits per heavy atom. The highest BCUT2D eigenvalue weighted by atomic mass is 35.5. The summed E-state index contributed by atoms with van der Waals surface area (Å²) in [4.78, 5) is 10.6. The Kier molecular flexibility index (Phi) is 9.32. The maximum absolute atomic E-state index is 10.6. The van der Waals surface area contributed by atoms with Gasteiger partial charge in [0.05, 0.1) is 12.2 Å². The van der Waals surface area contributed by atoms with E-state index in [1.807, 2.05) is 0 Å². The number of ether oxygens (including phenoxy) is 1. The van der Waals surface area contributed by atoms with Crippen molar-refractivity contribution in [2.24, 2.45) is 0 Å². The molecule has 0 aliphatic heterocycles. The topological polar surface area (TPSA) is 90.4 Å². The summed E-state index contributed by atoms with van der Waals surface area (Å²) >= 11 is 0. The molecular weight excluding hydrogens is 265 g/mol. The number of amides is 1. The van der Waals surface area contributed by atoms with Crippen LogP contribution in [0.25, 0.3) is 0 Å². The second kappa shape index (κ2) is 8.78. The van der Waals surface area contributed by atoms with Crippen molar-refractivity contribution < 1.29 is 9.53 Å². The van der Waals surface area contributed by atoms with Gasteiger partial charge < -0.3 is 21.5 Å². The Bertz CT molecular complexity index is 361. The van der Waals surface area contributed by atoms with Crippen molar-refractivity contribution in [1.29, 1.82) is 0 Å². The number of nitrogens with two attached hydrogens (primary N) is 2. The minimum atomic E-state index is -0.0841. The van der Waals surface area contributed by atoms with E-state index >= 15 is 0 Å². The fourth-order valence-corrected chi connectivity index (χ4v) is 1.06. The number of hydrogen-bond donors (Lipinski definition) is 3. The van der Waals surface area contributed by atoms with E-state index in [2.05, 4.69) is 5.32 Å². The Hall–Kier alpha value is -1.33. The van der Waals surface area contributed by atoms with Crippen LogP contribution in [0.4, 0.5) is 11.4 Å². The number of carbonyl (C=O) groups is 1. The lowest BCUT2D eigenvalue weighted by atomic mass is 10.2. The quantitative estimate of drug-likeness (QED) is 0.572. The summed E-state index contributed by atoms with van der Waals surface area (Å²) < 4.78 is 5.35. The number of nitrogens with one attached hydrogen (secondary N) is 1. The number of benzene rings is 1. The number of nitrogen functional groups attached to an aromatic ring is 2. The monoisotopic (exact) mass is 281 g/mol. The summed E-state index contributed by atoms with van der Waals surface area (Å²) in [6.45, 7) is 2.27. The van der Waals surface area contributed by atoms with Crippen molar-refractivity contribution in [3.63, 3.8) is 0 Å². The van der Waals surface area contributed by atoms with E-state index in [1.165, 1.54) is 6.92 Å². The van der Waals surface area contributed by atoms with Crippen molar-refractivity contribution >= 4 is 42.1 Å². The van der Waals surface area contributed by atoms with Gasteiger partial charge in [-0.1, -0.05) is 0 Å². The smallest absolute Gasteiger partial charge is 0.216 e. The summed E-state index contributed by atoms with van der Waals surface area (Å²) in [6.07, 6.45) is 0. The molecule has 7 heteroatoms. The van der Waals surface area contributed by atoms with Crippen molar-refractivity contribution in [2.75, 3.05) is 24.6 Å². The molecule has 1 rings (SSSR count). The molecule has 0 unspecified atom stereocenters. The highest BCUT2D eigenvalue weighted by Crippen LogP contribution is 2.23. The molecule has 0 radical (unpaired) electrons. The maximum atomic E-state index is 10.6. The molecule has 0 atom stereocenters. The van der Waals surface area contributed by atoms with Gasteiger partial charge in [-0.15, -0.1) is 24.8 Å². The molecule has 1 aromatic rings. The summed E-state index contributed by atoms with van der Waals surface area (Å²) in [6, 6.07) is 5.04. The number of carbonyl (C=O) groups excluding carboxylic acids is 1. The lowest BCUT2D eigenvalue weighted by molar-refractivity contribution is -0.119. The Morgan fingerprint density at radius 1 is 1.35 bits per heavy atom. The van der Waals surface area contributed by atoms with Crippen molar-refractivity contribution in [3.05, 3.63) is 18.2 Å². The summed E-state index contributed by atoms with van der Waals surface area (Å²) in [7, 11) is 0. The average Bonchev–Trinajstić information content (AvgIpc) is 2.17. The molecule has 1 aromatic carbocycles. The van der Waals surface area contributed by atoms with E-state index in [0.717, 1.165) is 0 Å². The third-order valence-electron chi connectivity index (χ3n) is 1.77. The first-order valence-corrected chi connectivity index (χ1v) is 4.62. The highest BCUT2D eigenvalue weighted by molar-refractivity contribution is 5.85. The van der Waals surface area contributed by atoms with E-state index in [0.29, 0.717) is 30.3 Å². The normalized spacial score (nSPS) is 8.53. The predicted octanol–water partition coefficient (Wildman–Crippen LogP) is 1.21. The standard InChI is InChI=1S/C10H15N3O2.2ClH/c1-7(14)13-4-5-15-10-6-8(11)2-3-9(10)12;;/h2-3,6H,4-5,11-12H2,1H3,(H,13,14);2*1H. The average molecular weight is 282 g/mol. The molecule has 0 spiro atoms. The zero-order valence-electron chi connectivity index (χ0n) is 9.43. The Morgan fingerprint density at radius 2 is 2.00 bits per heavy atom. The molecule has 0 heterocycles. The third-order valence-corrected chi connectivity index (χ3v) is 1.77. The van der Waals surface area contributed by atoms with Crippen LogP contribution in [-0.4, -0.2) is 19.1 Å². The highest BCUT2D eigenvalue weighted by Gasteiger charge is 2.00. The minimum Gasteiger partial charge on any atom is -0.490 e. The van der Waals surface area contributed by atoms with Gasteiger partial charge in [-0.3, -0.25) is 4.79 Å². The van der Waals surface area contributed by atoms with E-state index < -0.39 is 0 Å². The summed E-state index contributed by atoms with van der Waals surface area (Å²) in [5.41, 5.74) is 12.4. The van der Waals surface area contributed by atoms with E-state index in [9.17, 15) is 4.79 Å². The molecule has 0 saturated heterocycles. The molecule has 98 valence electrons. The molecule has 17 heavy (non-hydrogen) atoms. The van der Waals surface area contributed by atoms with Crippen molar-refractivity contribution in [3.8, 4) is 5.75 Å². The zero-order chi connectivity index (χ0) is 11.3. The van der Waals surface area contributed by atoms with Crippen molar-refractivity contribution in [2.45, 2.75) is 6.92 Å². The van der Waals surface area contributed by atoms with Crippen LogP contribution in [0.1, 0.15) is 6.92 Å². The van der Waals surface area contributed by atoms with Crippen LogP contribution in [0.2, 0.25) is 0 Å². The van der Waals surface area contributed by atoms with Gasteiger partial charge in [0.25, 0.3) is 0 Å². The van der Waals surface area contributed by atoms with Crippen LogP contribution in [0.15, 0.2) is 18.2 Å². The van der Waals surface area contributed by atoms with Gasteiger partial charge in [0.15, 0.2) is 0 Å². The van der Waals surface area contributed by atoms with Crippen LogP contribution >= 0.6 is 24.8 Å². The molecule has 0 aliphatic rings. The van der Waals surface area contributed by atoms with Crippen LogP contribution in [0.3, 0.4) is 0 Å². The van der Waals surface area contributed by atoms with Crippen LogP contribution in [-0.2, 0) is 4.79 Å². The van der Waals surface area contributed by atoms with Gasteiger partial charge in [0, 0.05) is 18.7 Å². The van der Waals surface area contributed by atoms with E-state index in [-0.39, 0.29) is 30.7 Å². The fourth-order valence-electron chi connectivity index (χ4n) is 1.06. The summed E-state index contributed by atoms with van der Waals surface area (Å²) in [5.74, 6) is 0.458. The fraction of sp³-hybridized carbons (Fsp3) is 0.300. The van der Waals surface area contributed by atoms with E-state index in [4.69, 9.17) is 16.2 Å². The van der Waals surface area contributed by atoms with Gasteiger partial charge in [-0.2, -0.15) is 0 Å². The Labute approximate surface area is 113 Å². The molecule has 0 bridgehead atoms. The van der Waals surface area contributed by atoms with Crippen LogP contribution in [0.5, 0.6) is 5.75 Å². The van der Waals surface area contributed by atoms with Crippen LogP contribution < -0.4 is 21.5 Å². The molecule has 0 aliphatic carbocycles. The van der Waals surface area contributed by atoms with Gasteiger partial charge in [0.1, 0.15) is 12.4 Å². The van der Waals surface area contributed by atoms with E-state index in [1.54, 1.807) is 18.2 Å². The first-order chi connectivity index (χ1) is 7.09. The van der Waals surface area contributed by atoms with Crippen molar-refractivity contribution in [1.82, 2.24) is 5.32 Å². The SMILES string of the molecule is CC(=O)NCCOc1cc(N)ccc1N.Cl.Cl. The lowest BCUT2D eigenvalue weighted by Gasteiger charge is -2.09. The number of rotatable bonds is 4. The number of halogens is 2. The minimum absolute atomic E-state index is 0. The Balaban J connectivity index is 0. The van der Waals surface area contributed by atoms with Gasteiger partial charge >= 0.3 is 0 Å². The van der Waals surface area contributed by atoms with Gasteiger partial charge in [0.2, 0.25) is 5.91 Å². The molecule has 0 saturated carbocycles. The van der Waals surface area contributed by atoms with Gasteiger partial charge in [-0.25, -0.2) is 0 Å². The maximum Gasteiger partial charge on any atom is 0.216 e. The first-order valence-electron chi connectivity index (χ1n) is 4.62. The third kappa shape index (κ3) is 6.76. The van der Waals surface area contributed by atoms with Gasteiger partial charge in [-0.05, 0) is 12.1 Å². The largest absolute Gasteiger partial charge is 0.490 e. The zero-order valence-corrected chi connectivity index (χ0v) is 11.1. The molecule has 1 amide bonds. The number of anilines is 2. The molecule has 5 N–H and O–H groups in total. The second-order valence-electron chi connectivity index (χ2n) is 3.13. The second-order valence-corrected chi connectivity index (χ2v) is 3.13. The molecule has 0 fully saturated rings. The van der Waals surface area contributed by atoms with Crippen LogP contribution in [0, 0.1) is 0 Å². The molecular formula is C10H17Cl2N3O2. The number of hydrogen-bond acceptors (Lipinski definition) is 4. The first kappa shape index (κ1) is 18.0. The predicted molar refractivity (Wildman–Crippen MR) is 73.9 cm³/mol. The summed E-state index contributed by atoms with van der Waals surface area (Å²) in [5, 5.41) is 2.61. The molecule has 0 aromatic heterocycles.